The number of amides is 1. The molecule has 1 amide bonds. The Morgan fingerprint density at radius 3 is 2.63 bits per heavy atom. The Morgan fingerprint density at radius 2 is 1.95 bits per heavy atom. The highest BCUT2D eigenvalue weighted by Gasteiger charge is 2.23. The van der Waals surface area contributed by atoms with E-state index in [1.54, 1.807) is 0 Å². The number of nitrogens with one attached hydrogen (secondary N) is 1. The van der Waals surface area contributed by atoms with Gasteiger partial charge in [0, 0.05) is 25.5 Å². The van der Waals surface area contributed by atoms with E-state index in [4.69, 9.17) is 15.3 Å². The molecule has 1 aliphatic heterocycles. The Bertz CT molecular complexity index is 274. The van der Waals surface area contributed by atoms with Crippen molar-refractivity contribution in [3.8, 4) is 0 Å². The maximum absolute atomic E-state index is 11.8. The van der Waals surface area contributed by atoms with Gasteiger partial charge in [-0.25, -0.2) is 10.3 Å². The highest BCUT2D eigenvalue weighted by molar-refractivity contribution is 5.75. The molecule has 0 aromatic heterocycles. The van der Waals surface area contributed by atoms with E-state index in [1.807, 2.05) is 0 Å². The minimum Gasteiger partial charge on any atom is -0.350 e. The number of carbonyl (C=O) groups excluding carboxylic acids is 1. The fraction of sp³-hybridized carbons (Fsp3) is 0.929. The van der Waals surface area contributed by atoms with E-state index in [1.165, 1.54) is 19.3 Å². The number of hydrogen-bond donors (Lipinski definition) is 2. The molecule has 1 saturated carbocycles. The molecule has 0 radical (unpaired) electrons. The van der Waals surface area contributed by atoms with Crippen LogP contribution in [-0.4, -0.2) is 24.8 Å². The summed E-state index contributed by atoms with van der Waals surface area (Å²) in [5.74, 6) is 0.359. The quantitative estimate of drug-likeness (QED) is 0.748. The van der Waals surface area contributed by atoms with E-state index in [0.29, 0.717) is 18.9 Å². The van der Waals surface area contributed by atoms with Gasteiger partial charge in [-0.05, 0) is 31.6 Å². The highest BCUT2D eigenvalue weighted by atomic mass is 16.8. The Balaban J connectivity index is 1.62. The van der Waals surface area contributed by atoms with E-state index in [9.17, 15) is 4.79 Å². The van der Waals surface area contributed by atoms with E-state index < -0.39 is 0 Å². The Morgan fingerprint density at radius 1 is 1.21 bits per heavy atom. The van der Waals surface area contributed by atoms with Crippen molar-refractivity contribution in [1.82, 2.24) is 5.48 Å². The minimum absolute atomic E-state index is 0.0452. The standard InChI is InChI=1S/C14H26N2O3/c15-12(11-6-2-1-3-7-11)10-13(17)16-19-14-8-4-5-9-18-14/h11-12,14H,1-10,15H2,(H,16,17). The molecule has 1 aliphatic carbocycles. The summed E-state index contributed by atoms with van der Waals surface area (Å²) < 4.78 is 5.38. The maximum Gasteiger partial charge on any atom is 0.245 e. The maximum atomic E-state index is 11.8. The van der Waals surface area contributed by atoms with Crippen LogP contribution in [0.3, 0.4) is 0 Å². The summed E-state index contributed by atoms with van der Waals surface area (Å²) in [6.07, 6.45) is 9.15. The second kappa shape index (κ2) is 7.82. The molecule has 5 heteroatoms. The molecule has 1 heterocycles. The van der Waals surface area contributed by atoms with Gasteiger partial charge in [0.1, 0.15) is 0 Å². The lowest BCUT2D eigenvalue weighted by atomic mass is 9.83. The van der Waals surface area contributed by atoms with Crippen LogP contribution in [-0.2, 0) is 14.4 Å². The SMILES string of the molecule is NC(CC(=O)NOC1CCCCO1)C1CCCCC1. The molecular formula is C14H26N2O3. The van der Waals surface area contributed by atoms with Crippen molar-refractivity contribution >= 4 is 5.91 Å². The molecule has 2 aliphatic rings. The van der Waals surface area contributed by atoms with Crippen molar-refractivity contribution in [3.63, 3.8) is 0 Å². The first-order chi connectivity index (χ1) is 9.25. The number of nitrogens with two attached hydrogens (primary N) is 1. The van der Waals surface area contributed by atoms with Gasteiger partial charge in [0.25, 0.3) is 0 Å². The van der Waals surface area contributed by atoms with Gasteiger partial charge in [-0.1, -0.05) is 19.3 Å². The number of carbonyl (C=O) groups is 1. The monoisotopic (exact) mass is 270 g/mol. The van der Waals surface area contributed by atoms with Gasteiger partial charge in [0.05, 0.1) is 0 Å². The summed E-state index contributed by atoms with van der Waals surface area (Å²) in [5, 5.41) is 0. The van der Waals surface area contributed by atoms with Crippen LogP contribution >= 0.6 is 0 Å². The molecule has 2 rings (SSSR count). The van der Waals surface area contributed by atoms with E-state index >= 15 is 0 Å². The number of hydroxylamine groups is 1. The summed E-state index contributed by atoms with van der Waals surface area (Å²) >= 11 is 0. The lowest BCUT2D eigenvalue weighted by Gasteiger charge is -2.27. The highest BCUT2D eigenvalue weighted by Crippen LogP contribution is 2.26. The fourth-order valence-corrected chi connectivity index (χ4v) is 2.92. The van der Waals surface area contributed by atoms with Crippen LogP contribution in [0.2, 0.25) is 0 Å². The Kier molecular flexibility index (Phi) is 6.07. The second-order valence-electron chi connectivity index (χ2n) is 5.71. The van der Waals surface area contributed by atoms with Crippen molar-refractivity contribution in [3.05, 3.63) is 0 Å². The molecule has 0 spiro atoms. The summed E-state index contributed by atoms with van der Waals surface area (Å²) in [4.78, 5) is 17.0. The molecule has 110 valence electrons. The van der Waals surface area contributed by atoms with Gasteiger partial charge in [-0.3, -0.25) is 4.79 Å². The predicted molar refractivity (Wildman–Crippen MR) is 72.0 cm³/mol. The van der Waals surface area contributed by atoms with Crippen LogP contribution in [0, 0.1) is 5.92 Å². The van der Waals surface area contributed by atoms with Gasteiger partial charge < -0.3 is 10.5 Å². The summed E-state index contributed by atoms with van der Waals surface area (Å²) in [6, 6.07) is -0.0452. The number of rotatable bonds is 5. The van der Waals surface area contributed by atoms with E-state index in [-0.39, 0.29) is 18.2 Å². The van der Waals surface area contributed by atoms with Crippen molar-refractivity contribution in [1.29, 1.82) is 0 Å². The lowest BCUT2D eigenvalue weighted by molar-refractivity contribution is -0.200. The minimum atomic E-state index is -0.288. The lowest BCUT2D eigenvalue weighted by Crippen LogP contribution is -2.39. The normalized spacial score (nSPS) is 26.9. The fourth-order valence-electron chi connectivity index (χ4n) is 2.92. The van der Waals surface area contributed by atoms with Crippen molar-refractivity contribution in [2.24, 2.45) is 11.7 Å². The molecule has 2 atom stereocenters. The zero-order chi connectivity index (χ0) is 13.5. The molecule has 3 N–H and O–H groups in total. The molecule has 5 nitrogen and oxygen atoms in total. The van der Waals surface area contributed by atoms with Crippen LogP contribution in [0.4, 0.5) is 0 Å². The molecule has 1 saturated heterocycles. The largest absolute Gasteiger partial charge is 0.350 e. The van der Waals surface area contributed by atoms with Crippen molar-refractivity contribution in [2.45, 2.75) is 70.1 Å². The number of hydrogen-bond acceptors (Lipinski definition) is 4. The smallest absolute Gasteiger partial charge is 0.245 e. The van der Waals surface area contributed by atoms with Crippen LogP contribution in [0.25, 0.3) is 0 Å². The molecule has 0 bridgehead atoms. The van der Waals surface area contributed by atoms with Gasteiger partial charge >= 0.3 is 0 Å². The molecule has 19 heavy (non-hydrogen) atoms. The third kappa shape index (κ3) is 5.09. The van der Waals surface area contributed by atoms with E-state index in [2.05, 4.69) is 5.48 Å². The molecule has 0 aromatic rings. The van der Waals surface area contributed by atoms with Crippen molar-refractivity contribution < 1.29 is 14.4 Å². The first kappa shape index (κ1) is 14.8. The Hall–Kier alpha value is -0.650. The Labute approximate surface area is 115 Å². The average molecular weight is 270 g/mol. The van der Waals surface area contributed by atoms with Crippen LogP contribution < -0.4 is 11.2 Å². The summed E-state index contributed by atoms with van der Waals surface area (Å²) in [6.45, 7) is 0.710. The molecule has 2 unspecified atom stereocenters. The number of ether oxygens (including phenoxy) is 1. The van der Waals surface area contributed by atoms with Crippen LogP contribution in [0.1, 0.15) is 57.8 Å². The predicted octanol–water partition coefficient (Wildman–Crippen LogP) is 1.86. The van der Waals surface area contributed by atoms with Crippen LogP contribution in [0.15, 0.2) is 0 Å². The third-order valence-electron chi connectivity index (χ3n) is 4.12. The van der Waals surface area contributed by atoms with Crippen molar-refractivity contribution in [2.75, 3.05) is 6.61 Å². The van der Waals surface area contributed by atoms with Gasteiger partial charge in [0.2, 0.25) is 5.91 Å². The first-order valence-corrected chi connectivity index (χ1v) is 7.57. The van der Waals surface area contributed by atoms with Crippen LogP contribution in [0.5, 0.6) is 0 Å². The molecular weight excluding hydrogens is 244 g/mol. The zero-order valence-corrected chi connectivity index (χ0v) is 11.6. The first-order valence-electron chi connectivity index (χ1n) is 7.57. The van der Waals surface area contributed by atoms with E-state index in [0.717, 1.165) is 32.1 Å². The third-order valence-corrected chi connectivity index (χ3v) is 4.12. The van der Waals surface area contributed by atoms with Gasteiger partial charge in [-0.2, -0.15) is 0 Å². The zero-order valence-electron chi connectivity index (χ0n) is 11.6. The summed E-state index contributed by atoms with van der Waals surface area (Å²) in [7, 11) is 0. The summed E-state index contributed by atoms with van der Waals surface area (Å²) in [5.41, 5.74) is 8.59. The second-order valence-corrected chi connectivity index (χ2v) is 5.71. The molecule has 2 fully saturated rings. The van der Waals surface area contributed by atoms with Gasteiger partial charge in [0.15, 0.2) is 6.29 Å². The topological polar surface area (TPSA) is 73.6 Å². The van der Waals surface area contributed by atoms with Gasteiger partial charge in [-0.15, -0.1) is 0 Å². The average Bonchev–Trinajstić information content (AvgIpc) is 2.47. The molecule has 0 aromatic carbocycles.